The lowest BCUT2D eigenvalue weighted by Crippen LogP contribution is -1.58. The lowest BCUT2D eigenvalue weighted by Gasteiger charge is -1.70. The number of rotatable bonds is 0. The molecule has 0 saturated carbocycles. The molecule has 20 heavy (non-hydrogen) atoms. The molecular weight excluding hydrogens is 346 g/mol. The predicted molar refractivity (Wildman–Crippen MR) is 97.6 cm³/mol. The summed E-state index contributed by atoms with van der Waals surface area (Å²) in [5.74, 6) is 0. The molecule has 0 amide bonds. The maximum absolute atomic E-state index is 3.78. The third-order valence-electron chi connectivity index (χ3n) is 1.13. The number of nitrogens with zero attached hydrogens (tertiary/aromatic N) is 2. The zero-order valence-corrected chi connectivity index (χ0v) is 14.4. The summed E-state index contributed by atoms with van der Waals surface area (Å²) < 4.78 is 0. The Balaban J connectivity index is -0.0000000171. The fourth-order valence-electron chi connectivity index (χ4n) is 0.625. The minimum Gasteiger partial charge on any atom is -0.344 e. The van der Waals surface area contributed by atoms with Crippen molar-refractivity contribution in [3.8, 4) is 0 Å². The van der Waals surface area contributed by atoms with Gasteiger partial charge in [0.05, 0.1) is 0 Å². The van der Waals surface area contributed by atoms with Gasteiger partial charge in [0.15, 0.2) is 0 Å². The molecule has 0 saturated heterocycles. The largest absolute Gasteiger partial charge is 0.344 e. The van der Waals surface area contributed by atoms with Crippen molar-refractivity contribution in [1.29, 1.82) is 0 Å². The first-order valence-electron chi connectivity index (χ1n) is 3.70. The highest BCUT2D eigenvalue weighted by atomic mass is 35.5. The van der Waals surface area contributed by atoms with Crippen LogP contribution < -0.4 is 24.6 Å². The van der Waals surface area contributed by atoms with Gasteiger partial charge in [-0.3, -0.25) is 9.97 Å². The molecule has 0 spiro atoms. The van der Waals surface area contributed by atoms with Gasteiger partial charge in [-0.05, 0) is 24.3 Å². The SMILES string of the molecule is Cl.Cl.Cl.Cl.N.N.N.N.c1ccncc1.c1ccncc1. The molecule has 0 fully saturated rings. The van der Waals surface area contributed by atoms with Crippen molar-refractivity contribution in [2.24, 2.45) is 0 Å². The second kappa shape index (κ2) is 42.9. The van der Waals surface area contributed by atoms with Gasteiger partial charge in [-0.1, -0.05) is 12.1 Å². The molecule has 2 aromatic rings. The summed E-state index contributed by atoms with van der Waals surface area (Å²) in [5.41, 5.74) is 0. The second-order valence-corrected chi connectivity index (χ2v) is 2.05. The van der Waals surface area contributed by atoms with Crippen LogP contribution in [0.4, 0.5) is 0 Å². The molecule has 0 radical (unpaired) electrons. The van der Waals surface area contributed by atoms with Crippen molar-refractivity contribution >= 4 is 49.6 Å². The van der Waals surface area contributed by atoms with Crippen molar-refractivity contribution in [3.05, 3.63) is 61.2 Å². The van der Waals surface area contributed by atoms with E-state index in [0.717, 1.165) is 0 Å². The van der Waals surface area contributed by atoms with Gasteiger partial charge in [-0.2, -0.15) is 0 Å². The summed E-state index contributed by atoms with van der Waals surface area (Å²) in [6.45, 7) is 0. The Labute approximate surface area is 145 Å². The van der Waals surface area contributed by atoms with Crippen molar-refractivity contribution in [2.75, 3.05) is 0 Å². The van der Waals surface area contributed by atoms with Crippen LogP contribution in [-0.4, -0.2) is 9.97 Å². The summed E-state index contributed by atoms with van der Waals surface area (Å²) in [5, 5.41) is 0. The van der Waals surface area contributed by atoms with Crippen molar-refractivity contribution in [2.45, 2.75) is 0 Å². The fraction of sp³-hybridized carbons (Fsp3) is 0. The standard InChI is InChI=1S/2C5H5N.4ClH.4H3N/c2*1-2-4-6-5-3-1;;;;;;;;/h2*1-5H;4*1H;4*1H3. The molecule has 0 aliphatic carbocycles. The average Bonchev–Trinajstić information content (AvgIpc) is 2.24. The van der Waals surface area contributed by atoms with Crippen LogP contribution in [0.2, 0.25) is 0 Å². The van der Waals surface area contributed by atoms with Crippen LogP contribution in [0.5, 0.6) is 0 Å². The topological polar surface area (TPSA) is 166 Å². The van der Waals surface area contributed by atoms with Crippen LogP contribution in [-0.2, 0) is 0 Å². The Morgan fingerprint density at radius 2 is 0.550 bits per heavy atom. The van der Waals surface area contributed by atoms with Crippen LogP contribution in [0.15, 0.2) is 61.2 Å². The molecule has 0 aliphatic heterocycles. The zero-order chi connectivity index (χ0) is 8.49. The van der Waals surface area contributed by atoms with Gasteiger partial charge in [-0.15, -0.1) is 49.6 Å². The lowest BCUT2D eigenvalue weighted by molar-refractivity contribution is 1.33. The first kappa shape index (κ1) is 50.6. The molecule has 0 bridgehead atoms. The Bertz CT molecular complexity index is 205. The Hall–Kier alpha value is -0.700. The third kappa shape index (κ3) is 36.0. The molecule has 12 N–H and O–H groups in total. The van der Waals surface area contributed by atoms with Crippen LogP contribution >= 0.6 is 49.6 Å². The van der Waals surface area contributed by atoms with Gasteiger partial charge in [0.2, 0.25) is 0 Å². The van der Waals surface area contributed by atoms with Gasteiger partial charge < -0.3 is 24.6 Å². The quantitative estimate of drug-likeness (QED) is 0.531. The van der Waals surface area contributed by atoms with E-state index >= 15 is 0 Å². The highest BCUT2D eigenvalue weighted by Gasteiger charge is 1.59. The first-order chi connectivity index (χ1) is 6.00. The molecular formula is C10H26Cl4N6. The van der Waals surface area contributed by atoms with Crippen molar-refractivity contribution in [1.82, 2.24) is 34.6 Å². The fourth-order valence-corrected chi connectivity index (χ4v) is 0.625. The molecule has 10 heteroatoms. The van der Waals surface area contributed by atoms with Crippen LogP contribution in [0, 0.1) is 0 Å². The van der Waals surface area contributed by atoms with Gasteiger partial charge in [0.1, 0.15) is 0 Å². The summed E-state index contributed by atoms with van der Waals surface area (Å²) in [7, 11) is 0. The highest BCUT2D eigenvalue weighted by Crippen LogP contribution is 1.74. The van der Waals surface area contributed by atoms with E-state index < -0.39 is 0 Å². The predicted octanol–water partition coefficient (Wildman–Crippen LogP) is 4.50. The van der Waals surface area contributed by atoms with Crippen LogP contribution in [0.3, 0.4) is 0 Å². The second-order valence-electron chi connectivity index (χ2n) is 2.05. The number of aromatic nitrogens is 2. The summed E-state index contributed by atoms with van der Waals surface area (Å²) in [6, 6.07) is 11.4. The molecule has 0 aromatic carbocycles. The van der Waals surface area contributed by atoms with Crippen molar-refractivity contribution in [3.63, 3.8) is 0 Å². The van der Waals surface area contributed by atoms with E-state index in [0.29, 0.717) is 0 Å². The number of hydrogen-bond acceptors (Lipinski definition) is 6. The Morgan fingerprint density at radius 1 is 0.350 bits per heavy atom. The highest BCUT2D eigenvalue weighted by molar-refractivity contribution is 5.86. The van der Waals surface area contributed by atoms with E-state index in [1.165, 1.54) is 0 Å². The van der Waals surface area contributed by atoms with Crippen LogP contribution in [0.25, 0.3) is 0 Å². The maximum atomic E-state index is 3.78. The minimum absolute atomic E-state index is 0. The van der Waals surface area contributed by atoms with Gasteiger partial charge in [-0.25, -0.2) is 0 Å². The van der Waals surface area contributed by atoms with E-state index in [-0.39, 0.29) is 74.2 Å². The number of halogens is 4. The maximum Gasteiger partial charge on any atom is 0.0267 e. The Morgan fingerprint density at radius 3 is 0.600 bits per heavy atom. The number of hydrogen-bond donors (Lipinski definition) is 4. The van der Waals surface area contributed by atoms with Gasteiger partial charge >= 0.3 is 0 Å². The van der Waals surface area contributed by atoms with E-state index in [1.807, 2.05) is 36.4 Å². The van der Waals surface area contributed by atoms with E-state index in [1.54, 1.807) is 24.8 Å². The normalized spacial score (nSPS) is 4.80. The van der Waals surface area contributed by atoms with E-state index in [4.69, 9.17) is 0 Å². The van der Waals surface area contributed by atoms with Gasteiger partial charge in [0, 0.05) is 24.8 Å². The summed E-state index contributed by atoms with van der Waals surface area (Å²) in [6.07, 6.45) is 7.00. The monoisotopic (exact) mass is 370 g/mol. The molecule has 0 unspecified atom stereocenters. The minimum atomic E-state index is 0. The average molecular weight is 372 g/mol. The van der Waals surface area contributed by atoms with Gasteiger partial charge in [0.25, 0.3) is 0 Å². The summed E-state index contributed by atoms with van der Waals surface area (Å²) >= 11 is 0. The Kier molecular flexibility index (Phi) is 109. The van der Waals surface area contributed by atoms with E-state index in [9.17, 15) is 0 Å². The summed E-state index contributed by atoms with van der Waals surface area (Å²) in [4.78, 5) is 7.57. The molecule has 2 aromatic heterocycles. The van der Waals surface area contributed by atoms with Crippen molar-refractivity contribution < 1.29 is 0 Å². The third-order valence-corrected chi connectivity index (χ3v) is 1.13. The smallest absolute Gasteiger partial charge is 0.0267 e. The zero-order valence-electron chi connectivity index (χ0n) is 11.1. The molecule has 124 valence electrons. The van der Waals surface area contributed by atoms with E-state index in [2.05, 4.69) is 9.97 Å². The molecule has 0 aliphatic rings. The number of pyridine rings is 2. The molecule has 2 rings (SSSR count). The molecule has 6 nitrogen and oxygen atoms in total. The van der Waals surface area contributed by atoms with Crippen LogP contribution in [0.1, 0.15) is 0 Å². The molecule has 0 atom stereocenters. The molecule has 2 heterocycles. The lowest BCUT2D eigenvalue weighted by atomic mass is 10.5. The first-order valence-corrected chi connectivity index (χ1v) is 3.70.